The SMILES string of the molecule is CCc1csc(NC(C)(C)CCl)n1. The Kier molecular flexibility index (Phi) is 3.56. The molecular weight excluding hydrogens is 204 g/mol. The summed E-state index contributed by atoms with van der Waals surface area (Å²) < 4.78 is 0. The van der Waals surface area contributed by atoms with Crippen LogP contribution in [0.25, 0.3) is 0 Å². The Hall–Kier alpha value is -0.280. The summed E-state index contributed by atoms with van der Waals surface area (Å²) in [5.74, 6) is 0.577. The van der Waals surface area contributed by atoms with E-state index in [1.165, 1.54) is 0 Å². The first-order valence-electron chi connectivity index (χ1n) is 4.36. The number of nitrogens with one attached hydrogen (secondary N) is 1. The molecule has 0 bridgehead atoms. The molecule has 0 amide bonds. The number of halogens is 1. The maximum atomic E-state index is 5.80. The van der Waals surface area contributed by atoms with Gasteiger partial charge in [0.05, 0.1) is 5.69 Å². The summed E-state index contributed by atoms with van der Waals surface area (Å²) in [7, 11) is 0. The lowest BCUT2D eigenvalue weighted by Gasteiger charge is -2.22. The van der Waals surface area contributed by atoms with Gasteiger partial charge in [-0.05, 0) is 20.3 Å². The molecule has 13 heavy (non-hydrogen) atoms. The van der Waals surface area contributed by atoms with Crippen LogP contribution in [-0.4, -0.2) is 16.4 Å². The number of nitrogens with zero attached hydrogens (tertiary/aromatic N) is 1. The van der Waals surface area contributed by atoms with E-state index in [2.05, 4.69) is 36.5 Å². The van der Waals surface area contributed by atoms with Crippen LogP contribution in [-0.2, 0) is 6.42 Å². The van der Waals surface area contributed by atoms with Crippen LogP contribution in [0, 0.1) is 0 Å². The van der Waals surface area contributed by atoms with E-state index in [1.807, 2.05) is 0 Å². The Balaban J connectivity index is 2.63. The second-order valence-electron chi connectivity index (χ2n) is 3.64. The maximum absolute atomic E-state index is 5.80. The van der Waals surface area contributed by atoms with Gasteiger partial charge in [-0.15, -0.1) is 22.9 Å². The van der Waals surface area contributed by atoms with E-state index in [9.17, 15) is 0 Å². The topological polar surface area (TPSA) is 24.9 Å². The van der Waals surface area contributed by atoms with Crippen LogP contribution in [0.15, 0.2) is 5.38 Å². The Bertz CT molecular complexity index is 270. The van der Waals surface area contributed by atoms with Crippen molar-refractivity contribution in [2.75, 3.05) is 11.2 Å². The van der Waals surface area contributed by atoms with Gasteiger partial charge in [0.25, 0.3) is 0 Å². The van der Waals surface area contributed by atoms with E-state index in [1.54, 1.807) is 11.3 Å². The second-order valence-corrected chi connectivity index (χ2v) is 4.77. The van der Waals surface area contributed by atoms with Crippen LogP contribution < -0.4 is 5.32 Å². The molecule has 0 aliphatic rings. The lowest BCUT2D eigenvalue weighted by Crippen LogP contribution is -2.32. The third kappa shape index (κ3) is 3.16. The van der Waals surface area contributed by atoms with Gasteiger partial charge in [0.15, 0.2) is 5.13 Å². The van der Waals surface area contributed by atoms with Crippen molar-refractivity contribution in [2.45, 2.75) is 32.7 Å². The van der Waals surface area contributed by atoms with Crippen LogP contribution >= 0.6 is 22.9 Å². The summed E-state index contributed by atoms with van der Waals surface area (Å²) in [5.41, 5.74) is 1.06. The van der Waals surface area contributed by atoms with Gasteiger partial charge >= 0.3 is 0 Å². The number of rotatable bonds is 4. The number of alkyl halides is 1. The molecule has 0 saturated carbocycles. The van der Waals surface area contributed by atoms with Crippen molar-refractivity contribution in [1.29, 1.82) is 0 Å². The van der Waals surface area contributed by atoms with E-state index in [0.29, 0.717) is 5.88 Å². The standard InChI is InChI=1S/C9H15ClN2S/c1-4-7-5-13-8(11-7)12-9(2,3)6-10/h5H,4,6H2,1-3H3,(H,11,12). The van der Waals surface area contributed by atoms with Crippen LogP contribution in [0.5, 0.6) is 0 Å². The lowest BCUT2D eigenvalue weighted by atomic mass is 10.1. The predicted molar refractivity (Wildman–Crippen MR) is 59.9 cm³/mol. The summed E-state index contributed by atoms with van der Waals surface area (Å²) in [6.07, 6.45) is 0.986. The highest BCUT2D eigenvalue weighted by atomic mass is 35.5. The van der Waals surface area contributed by atoms with Crippen LogP contribution in [0.1, 0.15) is 26.5 Å². The molecule has 0 aliphatic carbocycles. The monoisotopic (exact) mass is 218 g/mol. The highest BCUT2D eigenvalue weighted by Gasteiger charge is 2.16. The molecule has 1 heterocycles. The molecule has 0 aromatic carbocycles. The minimum atomic E-state index is -0.0789. The second kappa shape index (κ2) is 4.29. The predicted octanol–water partition coefficient (Wildman–Crippen LogP) is 3.13. The molecular formula is C9H15ClN2S. The van der Waals surface area contributed by atoms with Crippen molar-refractivity contribution >= 4 is 28.1 Å². The maximum Gasteiger partial charge on any atom is 0.183 e. The number of hydrogen-bond donors (Lipinski definition) is 1. The molecule has 0 atom stereocenters. The first-order valence-corrected chi connectivity index (χ1v) is 5.77. The Morgan fingerprint density at radius 3 is 2.77 bits per heavy atom. The van der Waals surface area contributed by atoms with Gasteiger partial charge in [-0.3, -0.25) is 0 Å². The molecule has 1 aromatic rings. The van der Waals surface area contributed by atoms with Gasteiger partial charge in [0.2, 0.25) is 0 Å². The van der Waals surface area contributed by atoms with Crippen LogP contribution in [0.3, 0.4) is 0 Å². The summed E-state index contributed by atoms with van der Waals surface area (Å²) in [6, 6.07) is 0. The quantitative estimate of drug-likeness (QED) is 0.786. The van der Waals surface area contributed by atoms with Crippen molar-refractivity contribution in [3.05, 3.63) is 11.1 Å². The molecule has 0 fully saturated rings. The molecule has 1 aromatic heterocycles. The number of aryl methyl sites for hydroxylation is 1. The number of aromatic nitrogens is 1. The summed E-state index contributed by atoms with van der Waals surface area (Å²) >= 11 is 7.43. The zero-order valence-electron chi connectivity index (χ0n) is 8.22. The molecule has 4 heteroatoms. The normalized spacial score (nSPS) is 11.7. The zero-order chi connectivity index (χ0) is 9.90. The van der Waals surface area contributed by atoms with E-state index in [4.69, 9.17) is 11.6 Å². The number of anilines is 1. The van der Waals surface area contributed by atoms with Gasteiger partial charge < -0.3 is 5.32 Å². The molecule has 0 spiro atoms. The van der Waals surface area contributed by atoms with Gasteiger partial charge in [0.1, 0.15) is 0 Å². The summed E-state index contributed by atoms with van der Waals surface area (Å²) in [5, 5.41) is 6.33. The van der Waals surface area contributed by atoms with Crippen molar-refractivity contribution < 1.29 is 0 Å². The zero-order valence-corrected chi connectivity index (χ0v) is 9.80. The minimum absolute atomic E-state index is 0.0789. The Labute approximate surface area is 88.3 Å². The third-order valence-corrected chi connectivity index (χ3v) is 3.17. The fraction of sp³-hybridized carbons (Fsp3) is 0.667. The number of hydrogen-bond acceptors (Lipinski definition) is 3. The van der Waals surface area contributed by atoms with Gasteiger partial charge in [-0.25, -0.2) is 4.98 Å². The summed E-state index contributed by atoms with van der Waals surface area (Å²) in [4.78, 5) is 4.41. The van der Waals surface area contributed by atoms with Crippen molar-refractivity contribution in [1.82, 2.24) is 4.98 Å². The largest absolute Gasteiger partial charge is 0.355 e. The Morgan fingerprint density at radius 2 is 2.31 bits per heavy atom. The highest BCUT2D eigenvalue weighted by molar-refractivity contribution is 7.13. The minimum Gasteiger partial charge on any atom is -0.355 e. The van der Waals surface area contributed by atoms with E-state index in [-0.39, 0.29) is 5.54 Å². The molecule has 0 saturated heterocycles. The first-order chi connectivity index (χ1) is 6.07. The van der Waals surface area contributed by atoms with Crippen molar-refractivity contribution in [3.63, 3.8) is 0 Å². The molecule has 0 aliphatic heterocycles. The van der Waals surface area contributed by atoms with E-state index in [0.717, 1.165) is 17.2 Å². The van der Waals surface area contributed by atoms with Crippen molar-refractivity contribution in [2.24, 2.45) is 0 Å². The van der Waals surface area contributed by atoms with E-state index < -0.39 is 0 Å². The van der Waals surface area contributed by atoms with Crippen LogP contribution in [0.4, 0.5) is 5.13 Å². The summed E-state index contributed by atoms with van der Waals surface area (Å²) in [6.45, 7) is 6.23. The molecule has 2 nitrogen and oxygen atoms in total. The average Bonchev–Trinajstić information content (AvgIpc) is 2.52. The smallest absolute Gasteiger partial charge is 0.183 e. The van der Waals surface area contributed by atoms with Crippen LogP contribution in [0.2, 0.25) is 0 Å². The molecule has 0 radical (unpaired) electrons. The lowest BCUT2D eigenvalue weighted by molar-refractivity contribution is 0.640. The first kappa shape index (κ1) is 10.8. The molecule has 74 valence electrons. The molecule has 1 N–H and O–H groups in total. The van der Waals surface area contributed by atoms with Gasteiger partial charge in [0, 0.05) is 16.8 Å². The van der Waals surface area contributed by atoms with Gasteiger partial charge in [-0.1, -0.05) is 6.92 Å². The van der Waals surface area contributed by atoms with E-state index >= 15 is 0 Å². The average molecular weight is 219 g/mol. The molecule has 0 unspecified atom stereocenters. The van der Waals surface area contributed by atoms with Crippen molar-refractivity contribution in [3.8, 4) is 0 Å². The molecule has 1 rings (SSSR count). The Morgan fingerprint density at radius 1 is 1.62 bits per heavy atom. The fourth-order valence-electron chi connectivity index (χ4n) is 0.850. The van der Waals surface area contributed by atoms with Gasteiger partial charge in [-0.2, -0.15) is 0 Å². The third-order valence-electron chi connectivity index (χ3n) is 1.69. The fourth-order valence-corrected chi connectivity index (χ4v) is 1.89. The number of thiazole rings is 1. The highest BCUT2D eigenvalue weighted by Crippen LogP contribution is 2.20.